The molecule has 0 saturated heterocycles. The number of halogens is 4. The van der Waals surface area contributed by atoms with Gasteiger partial charge in [0.05, 0.1) is 26.7 Å². The Bertz CT molecular complexity index is 600. The lowest BCUT2D eigenvalue weighted by molar-refractivity contribution is -0.137. The molecule has 1 aromatic carbocycles. The number of nitrogens with one attached hydrogen (secondary N) is 1. The Hall–Kier alpha value is -1.34. The SMILES string of the molecule is NC(=S)C1(C(=O)Nc2cc(C(F)(F)F)ccc2Cl)CCC1. The molecule has 0 aromatic heterocycles. The van der Waals surface area contributed by atoms with Gasteiger partial charge >= 0.3 is 6.18 Å². The first kappa shape index (κ1) is 16.0. The van der Waals surface area contributed by atoms with Crippen molar-refractivity contribution in [3.8, 4) is 0 Å². The Morgan fingerprint density at radius 2 is 2.00 bits per heavy atom. The highest BCUT2D eigenvalue weighted by atomic mass is 35.5. The van der Waals surface area contributed by atoms with Crippen molar-refractivity contribution in [1.82, 2.24) is 0 Å². The average Bonchev–Trinajstić information content (AvgIpc) is 2.28. The van der Waals surface area contributed by atoms with E-state index in [9.17, 15) is 18.0 Å². The number of hydrogen-bond donors (Lipinski definition) is 2. The second kappa shape index (κ2) is 5.46. The van der Waals surface area contributed by atoms with Gasteiger partial charge in [0.2, 0.25) is 5.91 Å². The van der Waals surface area contributed by atoms with Crippen molar-refractivity contribution >= 4 is 40.4 Å². The average molecular weight is 337 g/mol. The molecule has 0 heterocycles. The minimum absolute atomic E-state index is 0.0220. The molecule has 0 aliphatic heterocycles. The highest BCUT2D eigenvalue weighted by Gasteiger charge is 2.47. The van der Waals surface area contributed by atoms with E-state index in [0.717, 1.165) is 24.6 Å². The number of amides is 1. The fraction of sp³-hybridized carbons (Fsp3) is 0.385. The number of alkyl halides is 3. The van der Waals surface area contributed by atoms with Crippen LogP contribution in [0.2, 0.25) is 5.02 Å². The smallest absolute Gasteiger partial charge is 0.392 e. The van der Waals surface area contributed by atoms with Gasteiger partial charge in [-0.2, -0.15) is 13.2 Å². The quantitative estimate of drug-likeness (QED) is 0.826. The molecule has 8 heteroatoms. The van der Waals surface area contributed by atoms with Gasteiger partial charge in [-0.15, -0.1) is 0 Å². The molecule has 2 rings (SSSR count). The third kappa shape index (κ3) is 2.98. The lowest BCUT2D eigenvalue weighted by Gasteiger charge is -2.39. The van der Waals surface area contributed by atoms with E-state index in [2.05, 4.69) is 5.32 Å². The number of thiocarbonyl (C=S) groups is 1. The maximum absolute atomic E-state index is 12.7. The van der Waals surface area contributed by atoms with E-state index in [1.54, 1.807) is 0 Å². The first-order valence-corrected chi connectivity index (χ1v) is 6.93. The Kier molecular flexibility index (Phi) is 4.17. The predicted octanol–water partition coefficient (Wildman–Crippen LogP) is 3.75. The largest absolute Gasteiger partial charge is 0.416 e. The van der Waals surface area contributed by atoms with Crippen molar-refractivity contribution in [3.05, 3.63) is 28.8 Å². The number of anilines is 1. The number of carbonyl (C=O) groups is 1. The number of hydrogen-bond acceptors (Lipinski definition) is 2. The highest BCUT2D eigenvalue weighted by molar-refractivity contribution is 7.80. The second-order valence-corrected chi connectivity index (χ2v) is 5.79. The summed E-state index contributed by atoms with van der Waals surface area (Å²) in [6.45, 7) is 0. The van der Waals surface area contributed by atoms with Crippen LogP contribution in [-0.2, 0) is 11.0 Å². The van der Waals surface area contributed by atoms with Crippen molar-refractivity contribution < 1.29 is 18.0 Å². The number of rotatable bonds is 3. The lowest BCUT2D eigenvalue weighted by atomic mass is 9.68. The van der Waals surface area contributed by atoms with Crippen molar-refractivity contribution in [1.29, 1.82) is 0 Å². The van der Waals surface area contributed by atoms with Crippen LogP contribution in [0.4, 0.5) is 18.9 Å². The molecular formula is C13H12ClF3N2OS. The molecule has 1 aliphatic rings. The van der Waals surface area contributed by atoms with Gasteiger partial charge < -0.3 is 11.1 Å². The Morgan fingerprint density at radius 1 is 1.38 bits per heavy atom. The van der Waals surface area contributed by atoms with Gasteiger partial charge in [0, 0.05) is 0 Å². The topological polar surface area (TPSA) is 55.1 Å². The van der Waals surface area contributed by atoms with Crippen molar-refractivity contribution in [2.24, 2.45) is 11.1 Å². The Balaban J connectivity index is 2.27. The molecule has 21 heavy (non-hydrogen) atoms. The van der Waals surface area contributed by atoms with E-state index in [1.807, 2.05) is 0 Å². The molecule has 3 nitrogen and oxygen atoms in total. The first-order chi connectivity index (χ1) is 9.67. The molecular weight excluding hydrogens is 325 g/mol. The van der Waals surface area contributed by atoms with Crippen LogP contribution in [0.25, 0.3) is 0 Å². The molecule has 1 fully saturated rings. The normalized spacial score (nSPS) is 17.0. The minimum Gasteiger partial charge on any atom is -0.392 e. The van der Waals surface area contributed by atoms with E-state index < -0.39 is 23.1 Å². The van der Waals surface area contributed by atoms with Crippen molar-refractivity contribution in [3.63, 3.8) is 0 Å². The van der Waals surface area contributed by atoms with Crippen LogP contribution in [0, 0.1) is 5.41 Å². The maximum atomic E-state index is 12.7. The second-order valence-electron chi connectivity index (χ2n) is 4.95. The lowest BCUT2D eigenvalue weighted by Crippen LogP contribution is -2.50. The molecule has 114 valence electrons. The van der Waals surface area contributed by atoms with Gasteiger partial charge in [-0.05, 0) is 31.0 Å². The molecule has 0 unspecified atom stereocenters. The molecule has 0 radical (unpaired) electrons. The van der Waals surface area contributed by atoms with E-state index in [-0.39, 0.29) is 15.7 Å². The summed E-state index contributed by atoms with van der Waals surface area (Å²) in [5, 5.41) is 2.43. The van der Waals surface area contributed by atoms with Crippen LogP contribution in [-0.4, -0.2) is 10.9 Å². The summed E-state index contributed by atoms with van der Waals surface area (Å²) in [4.78, 5) is 12.3. The predicted molar refractivity (Wildman–Crippen MR) is 78.2 cm³/mol. The fourth-order valence-corrected chi connectivity index (χ4v) is 2.62. The fourth-order valence-electron chi connectivity index (χ4n) is 2.16. The zero-order valence-corrected chi connectivity index (χ0v) is 12.3. The summed E-state index contributed by atoms with van der Waals surface area (Å²) in [5.41, 5.74) is 3.62. The minimum atomic E-state index is -4.51. The van der Waals surface area contributed by atoms with E-state index in [1.165, 1.54) is 0 Å². The molecule has 0 atom stereocenters. The Morgan fingerprint density at radius 3 is 2.43 bits per heavy atom. The number of benzene rings is 1. The number of carbonyl (C=O) groups excluding carboxylic acids is 1. The standard InChI is InChI=1S/C13H12ClF3N2OS/c14-8-3-2-7(13(15,16)17)6-9(8)19-11(20)12(10(18)21)4-1-5-12/h2-3,6H,1,4-5H2,(H2,18,21)(H,19,20). The zero-order chi connectivity index (χ0) is 15.8. The molecule has 3 N–H and O–H groups in total. The highest BCUT2D eigenvalue weighted by Crippen LogP contribution is 2.43. The van der Waals surface area contributed by atoms with Crippen molar-refractivity contribution in [2.45, 2.75) is 25.4 Å². The molecule has 1 aromatic rings. The van der Waals surface area contributed by atoms with Crippen LogP contribution < -0.4 is 11.1 Å². The van der Waals surface area contributed by atoms with E-state index in [0.29, 0.717) is 12.8 Å². The van der Waals surface area contributed by atoms with Gasteiger partial charge in [-0.25, -0.2) is 0 Å². The summed E-state index contributed by atoms with van der Waals surface area (Å²) in [6.07, 6.45) is -2.74. The zero-order valence-electron chi connectivity index (χ0n) is 10.8. The summed E-state index contributed by atoms with van der Waals surface area (Å²) < 4.78 is 38.0. The van der Waals surface area contributed by atoms with Gasteiger partial charge in [0.1, 0.15) is 0 Å². The van der Waals surface area contributed by atoms with Crippen LogP contribution >= 0.6 is 23.8 Å². The third-order valence-electron chi connectivity index (χ3n) is 3.66. The molecule has 1 aliphatic carbocycles. The van der Waals surface area contributed by atoms with Gasteiger partial charge in [0.25, 0.3) is 0 Å². The van der Waals surface area contributed by atoms with Gasteiger partial charge in [0.15, 0.2) is 0 Å². The van der Waals surface area contributed by atoms with E-state index >= 15 is 0 Å². The van der Waals surface area contributed by atoms with Crippen LogP contribution in [0.3, 0.4) is 0 Å². The van der Waals surface area contributed by atoms with Gasteiger partial charge in [-0.3, -0.25) is 4.79 Å². The van der Waals surface area contributed by atoms with E-state index in [4.69, 9.17) is 29.6 Å². The molecule has 1 saturated carbocycles. The first-order valence-electron chi connectivity index (χ1n) is 6.15. The summed E-state index contributed by atoms with van der Waals surface area (Å²) in [6, 6.07) is 2.74. The van der Waals surface area contributed by atoms with Crippen LogP contribution in [0.5, 0.6) is 0 Å². The monoisotopic (exact) mass is 336 g/mol. The summed E-state index contributed by atoms with van der Waals surface area (Å²) in [7, 11) is 0. The van der Waals surface area contributed by atoms with Crippen LogP contribution in [0.15, 0.2) is 18.2 Å². The van der Waals surface area contributed by atoms with Crippen molar-refractivity contribution in [2.75, 3.05) is 5.32 Å². The Labute approximate surface area is 129 Å². The molecule has 1 amide bonds. The summed E-state index contributed by atoms with van der Waals surface area (Å²) in [5.74, 6) is -0.512. The molecule has 0 bridgehead atoms. The number of nitrogens with two attached hydrogens (primary N) is 1. The maximum Gasteiger partial charge on any atom is 0.416 e. The van der Waals surface area contributed by atoms with Gasteiger partial charge in [-0.1, -0.05) is 30.2 Å². The third-order valence-corrected chi connectivity index (χ3v) is 4.38. The summed E-state index contributed by atoms with van der Waals surface area (Å²) >= 11 is 10.7. The van der Waals surface area contributed by atoms with Crippen LogP contribution in [0.1, 0.15) is 24.8 Å². The molecule has 0 spiro atoms.